The summed E-state index contributed by atoms with van der Waals surface area (Å²) >= 11 is 1.77. The fourth-order valence-electron chi connectivity index (χ4n) is 3.08. The Kier molecular flexibility index (Phi) is 4.97. The molecule has 0 unspecified atom stereocenters. The molecule has 1 aliphatic carbocycles. The summed E-state index contributed by atoms with van der Waals surface area (Å²) in [6.45, 7) is 5.21. The van der Waals surface area contributed by atoms with Crippen LogP contribution < -0.4 is 5.32 Å². The summed E-state index contributed by atoms with van der Waals surface area (Å²) in [5, 5.41) is 3.57. The number of rotatable bonds is 4. The Bertz CT molecular complexity index is 562. The van der Waals surface area contributed by atoms with E-state index < -0.39 is 5.92 Å². The summed E-state index contributed by atoms with van der Waals surface area (Å²) in [5.74, 6) is -2.47. The zero-order valence-corrected chi connectivity index (χ0v) is 14.5. The van der Waals surface area contributed by atoms with E-state index in [1.54, 1.807) is 11.9 Å². The van der Waals surface area contributed by atoms with Crippen LogP contribution in [0.25, 0.3) is 4.91 Å². The average molecular weight is 338 g/mol. The molecule has 126 valence electrons. The SMILES string of the molecule is CC(C)N1CC(NC2CCC(F)(F)CC2)=C(c2ccccc2)S1. The van der Waals surface area contributed by atoms with Crippen molar-refractivity contribution in [2.45, 2.75) is 57.5 Å². The summed E-state index contributed by atoms with van der Waals surface area (Å²) in [6, 6.07) is 10.9. The number of halogens is 2. The molecule has 1 N–H and O–H groups in total. The normalized spacial score (nSPS) is 22.8. The van der Waals surface area contributed by atoms with Gasteiger partial charge in [-0.05, 0) is 44.2 Å². The molecule has 1 aromatic carbocycles. The third-order valence-corrected chi connectivity index (χ3v) is 5.95. The highest BCUT2D eigenvalue weighted by molar-refractivity contribution is 8.06. The van der Waals surface area contributed by atoms with E-state index in [1.807, 2.05) is 18.2 Å². The van der Waals surface area contributed by atoms with Gasteiger partial charge in [0.25, 0.3) is 0 Å². The molecule has 2 nitrogen and oxygen atoms in total. The van der Waals surface area contributed by atoms with E-state index in [4.69, 9.17) is 0 Å². The first-order valence-electron chi connectivity index (χ1n) is 8.32. The van der Waals surface area contributed by atoms with Crippen molar-refractivity contribution in [2.24, 2.45) is 0 Å². The molecule has 0 amide bonds. The maximum absolute atomic E-state index is 13.3. The minimum atomic E-state index is -2.47. The number of nitrogens with one attached hydrogen (secondary N) is 1. The minimum Gasteiger partial charge on any atom is -0.384 e. The molecule has 1 aliphatic heterocycles. The largest absolute Gasteiger partial charge is 0.384 e. The van der Waals surface area contributed by atoms with E-state index in [-0.39, 0.29) is 18.9 Å². The smallest absolute Gasteiger partial charge is 0.248 e. The van der Waals surface area contributed by atoms with Gasteiger partial charge >= 0.3 is 0 Å². The molecule has 3 rings (SSSR count). The van der Waals surface area contributed by atoms with Gasteiger partial charge in [0.05, 0.1) is 11.4 Å². The second-order valence-electron chi connectivity index (χ2n) is 6.71. The molecule has 2 aliphatic rings. The minimum absolute atomic E-state index is 0.000343. The Hall–Kier alpha value is -1.07. The van der Waals surface area contributed by atoms with Crippen LogP contribution in [0, 0.1) is 0 Å². The number of alkyl halides is 2. The first kappa shape index (κ1) is 16.8. The Balaban J connectivity index is 1.76. The second kappa shape index (κ2) is 6.81. The first-order chi connectivity index (χ1) is 10.9. The summed E-state index contributed by atoms with van der Waals surface area (Å²) in [7, 11) is 0. The van der Waals surface area contributed by atoms with Crippen LogP contribution in [0.3, 0.4) is 0 Å². The lowest BCUT2D eigenvalue weighted by Crippen LogP contribution is -2.38. The topological polar surface area (TPSA) is 15.3 Å². The highest BCUT2D eigenvalue weighted by Crippen LogP contribution is 2.41. The standard InChI is InChI=1S/C18H24F2N2S/c1-13(2)22-12-16(17(23-22)14-6-4-3-5-7-14)21-15-8-10-18(19,20)11-9-15/h3-7,13,15,21H,8-12H2,1-2H3. The lowest BCUT2D eigenvalue weighted by molar-refractivity contribution is -0.0397. The lowest BCUT2D eigenvalue weighted by atomic mass is 9.92. The molecule has 1 aromatic rings. The summed E-state index contributed by atoms with van der Waals surface area (Å²) in [6.07, 6.45) is 1.09. The van der Waals surface area contributed by atoms with Crippen molar-refractivity contribution in [3.05, 3.63) is 41.6 Å². The quantitative estimate of drug-likeness (QED) is 0.787. The van der Waals surface area contributed by atoms with Gasteiger partial charge in [-0.3, -0.25) is 0 Å². The van der Waals surface area contributed by atoms with Gasteiger partial charge in [-0.15, -0.1) is 0 Å². The van der Waals surface area contributed by atoms with E-state index in [9.17, 15) is 8.78 Å². The van der Waals surface area contributed by atoms with Crippen molar-refractivity contribution in [3.8, 4) is 0 Å². The first-order valence-corrected chi connectivity index (χ1v) is 9.09. The molecule has 1 heterocycles. The van der Waals surface area contributed by atoms with Gasteiger partial charge in [0.15, 0.2) is 0 Å². The Labute approximate surface area is 141 Å². The van der Waals surface area contributed by atoms with Crippen LogP contribution in [0.4, 0.5) is 8.78 Å². The lowest BCUT2D eigenvalue weighted by Gasteiger charge is -2.30. The molecule has 0 atom stereocenters. The molecule has 5 heteroatoms. The van der Waals surface area contributed by atoms with Crippen LogP contribution >= 0.6 is 11.9 Å². The average Bonchev–Trinajstić information content (AvgIpc) is 2.94. The maximum Gasteiger partial charge on any atom is 0.248 e. The Morgan fingerprint density at radius 1 is 1.17 bits per heavy atom. The second-order valence-corrected chi connectivity index (χ2v) is 7.77. The summed E-state index contributed by atoms with van der Waals surface area (Å²) in [4.78, 5) is 1.23. The van der Waals surface area contributed by atoms with Crippen molar-refractivity contribution in [1.82, 2.24) is 9.62 Å². The molecule has 0 saturated heterocycles. The highest BCUT2D eigenvalue weighted by atomic mass is 32.2. The Morgan fingerprint density at radius 2 is 1.83 bits per heavy atom. The summed E-state index contributed by atoms with van der Waals surface area (Å²) < 4.78 is 29.0. The molecule has 0 aromatic heterocycles. The van der Waals surface area contributed by atoms with E-state index in [1.165, 1.54) is 16.2 Å². The van der Waals surface area contributed by atoms with E-state index in [2.05, 4.69) is 35.6 Å². The van der Waals surface area contributed by atoms with Crippen molar-refractivity contribution in [2.75, 3.05) is 6.54 Å². The number of nitrogens with zero attached hydrogens (tertiary/aromatic N) is 1. The maximum atomic E-state index is 13.3. The zero-order valence-electron chi connectivity index (χ0n) is 13.7. The van der Waals surface area contributed by atoms with E-state index in [0.717, 1.165) is 6.54 Å². The third-order valence-electron chi connectivity index (χ3n) is 4.50. The van der Waals surface area contributed by atoms with Gasteiger partial charge in [0, 0.05) is 30.6 Å². The molecule has 0 radical (unpaired) electrons. The molecule has 1 saturated carbocycles. The molecular weight excluding hydrogens is 314 g/mol. The molecule has 0 spiro atoms. The van der Waals surface area contributed by atoms with Crippen LogP contribution in [0.15, 0.2) is 36.0 Å². The monoisotopic (exact) mass is 338 g/mol. The molecule has 23 heavy (non-hydrogen) atoms. The number of benzene rings is 1. The van der Waals surface area contributed by atoms with Crippen LogP contribution in [0.2, 0.25) is 0 Å². The zero-order chi connectivity index (χ0) is 16.4. The molecule has 1 fully saturated rings. The third kappa shape index (κ3) is 4.07. The van der Waals surface area contributed by atoms with Crippen molar-refractivity contribution in [1.29, 1.82) is 0 Å². The van der Waals surface area contributed by atoms with Gasteiger partial charge in [-0.2, -0.15) is 0 Å². The fourth-order valence-corrected chi connectivity index (χ4v) is 4.19. The van der Waals surface area contributed by atoms with Crippen LogP contribution in [-0.4, -0.2) is 28.9 Å². The predicted octanol–water partition coefficient (Wildman–Crippen LogP) is 4.89. The predicted molar refractivity (Wildman–Crippen MR) is 93.1 cm³/mol. The van der Waals surface area contributed by atoms with Crippen molar-refractivity contribution < 1.29 is 8.78 Å². The van der Waals surface area contributed by atoms with E-state index >= 15 is 0 Å². The van der Waals surface area contributed by atoms with Crippen molar-refractivity contribution >= 4 is 16.9 Å². The van der Waals surface area contributed by atoms with Gasteiger partial charge in [-0.25, -0.2) is 13.1 Å². The van der Waals surface area contributed by atoms with Gasteiger partial charge in [-0.1, -0.05) is 30.3 Å². The van der Waals surface area contributed by atoms with Crippen LogP contribution in [0.1, 0.15) is 45.1 Å². The number of hydrogen-bond donors (Lipinski definition) is 1. The van der Waals surface area contributed by atoms with Gasteiger partial charge < -0.3 is 5.32 Å². The molecular formula is C18H24F2N2S. The van der Waals surface area contributed by atoms with Crippen molar-refractivity contribution in [3.63, 3.8) is 0 Å². The van der Waals surface area contributed by atoms with Gasteiger partial charge in [0.2, 0.25) is 5.92 Å². The summed E-state index contributed by atoms with van der Waals surface area (Å²) in [5.41, 5.74) is 2.38. The molecule has 0 bridgehead atoms. The van der Waals surface area contributed by atoms with Crippen LogP contribution in [-0.2, 0) is 0 Å². The fraction of sp³-hybridized carbons (Fsp3) is 0.556. The Morgan fingerprint density at radius 3 is 2.43 bits per heavy atom. The van der Waals surface area contributed by atoms with Gasteiger partial charge in [0.1, 0.15) is 0 Å². The van der Waals surface area contributed by atoms with E-state index in [0.29, 0.717) is 18.9 Å². The highest BCUT2D eigenvalue weighted by Gasteiger charge is 2.36. The number of hydrogen-bond acceptors (Lipinski definition) is 3. The van der Waals surface area contributed by atoms with Crippen LogP contribution in [0.5, 0.6) is 0 Å².